The quantitative estimate of drug-likeness (QED) is 0.774. The fourth-order valence-electron chi connectivity index (χ4n) is 1.94. The summed E-state index contributed by atoms with van der Waals surface area (Å²) in [7, 11) is 1.67. The van der Waals surface area contributed by atoms with Gasteiger partial charge >= 0.3 is 0 Å². The van der Waals surface area contributed by atoms with E-state index in [9.17, 15) is 0 Å². The molecule has 3 nitrogen and oxygen atoms in total. The van der Waals surface area contributed by atoms with Crippen molar-refractivity contribution in [3.8, 4) is 17.0 Å². The Balaban J connectivity index is 2.72. The topological polar surface area (TPSA) is 35.0 Å². The summed E-state index contributed by atoms with van der Waals surface area (Å²) in [5.74, 6) is 0.841. The number of benzene rings is 1. The average Bonchev–Trinajstić information content (AvgIpc) is 2.36. The maximum absolute atomic E-state index is 6.04. The van der Waals surface area contributed by atoms with Gasteiger partial charge in [-0.1, -0.05) is 17.7 Å². The molecular formula is C14H15ClN2O. The van der Waals surface area contributed by atoms with Crippen LogP contribution in [0.3, 0.4) is 0 Å². The van der Waals surface area contributed by atoms with Crippen molar-refractivity contribution in [3.05, 3.63) is 40.3 Å². The van der Waals surface area contributed by atoms with Crippen LogP contribution in [0.4, 0.5) is 0 Å². The molecule has 18 heavy (non-hydrogen) atoms. The van der Waals surface area contributed by atoms with Crippen molar-refractivity contribution in [1.82, 2.24) is 9.97 Å². The molecule has 0 unspecified atom stereocenters. The Morgan fingerprint density at radius 3 is 2.44 bits per heavy atom. The van der Waals surface area contributed by atoms with Gasteiger partial charge in [-0.2, -0.15) is 0 Å². The van der Waals surface area contributed by atoms with Gasteiger partial charge in [0.15, 0.2) is 0 Å². The first-order chi connectivity index (χ1) is 8.56. The molecule has 0 aliphatic rings. The highest BCUT2D eigenvalue weighted by molar-refractivity contribution is 6.30. The molecule has 0 saturated carbocycles. The highest BCUT2D eigenvalue weighted by Crippen LogP contribution is 2.35. The van der Waals surface area contributed by atoms with Crippen LogP contribution in [0.25, 0.3) is 11.3 Å². The van der Waals surface area contributed by atoms with Crippen LogP contribution in [-0.4, -0.2) is 17.1 Å². The van der Waals surface area contributed by atoms with Crippen LogP contribution in [0, 0.1) is 20.8 Å². The van der Waals surface area contributed by atoms with Crippen molar-refractivity contribution in [3.63, 3.8) is 0 Å². The normalized spacial score (nSPS) is 10.5. The molecule has 1 aromatic carbocycles. The fourth-order valence-corrected chi connectivity index (χ4v) is 2.07. The van der Waals surface area contributed by atoms with E-state index in [1.807, 2.05) is 19.9 Å². The zero-order valence-electron chi connectivity index (χ0n) is 10.9. The third kappa shape index (κ3) is 2.06. The minimum atomic E-state index is 0.472. The zero-order valence-corrected chi connectivity index (χ0v) is 11.7. The second-order valence-electron chi connectivity index (χ2n) is 4.23. The largest absolute Gasteiger partial charge is 0.496 e. The van der Waals surface area contributed by atoms with Gasteiger partial charge in [-0.15, -0.1) is 0 Å². The number of halogens is 1. The van der Waals surface area contributed by atoms with Gasteiger partial charge in [0.2, 0.25) is 0 Å². The number of rotatable bonds is 2. The van der Waals surface area contributed by atoms with Crippen molar-refractivity contribution in [2.24, 2.45) is 0 Å². The van der Waals surface area contributed by atoms with Gasteiger partial charge in [-0.25, -0.2) is 9.97 Å². The van der Waals surface area contributed by atoms with E-state index >= 15 is 0 Å². The van der Waals surface area contributed by atoms with E-state index < -0.39 is 0 Å². The smallest absolute Gasteiger partial charge is 0.135 e. The highest BCUT2D eigenvalue weighted by Gasteiger charge is 2.15. The predicted octanol–water partition coefficient (Wildman–Crippen LogP) is 3.73. The molecule has 0 saturated heterocycles. The molecule has 2 aromatic rings. The van der Waals surface area contributed by atoms with Gasteiger partial charge in [-0.3, -0.25) is 0 Å². The predicted molar refractivity (Wildman–Crippen MR) is 73.2 cm³/mol. The lowest BCUT2D eigenvalue weighted by Crippen LogP contribution is -1.98. The van der Waals surface area contributed by atoms with Crippen LogP contribution in [0.15, 0.2) is 18.5 Å². The van der Waals surface area contributed by atoms with Gasteiger partial charge in [-0.05, 0) is 38.0 Å². The van der Waals surface area contributed by atoms with Crippen LogP contribution >= 0.6 is 11.6 Å². The van der Waals surface area contributed by atoms with Crippen LogP contribution in [0.2, 0.25) is 5.15 Å². The number of methoxy groups -OCH3 is 1. The van der Waals surface area contributed by atoms with Gasteiger partial charge in [0.05, 0.1) is 12.8 Å². The van der Waals surface area contributed by atoms with E-state index in [0.29, 0.717) is 5.15 Å². The summed E-state index contributed by atoms with van der Waals surface area (Å²) in [6.07, 6.45) is 1.47. The van der Waals surface area contributed by atoms with Crippen molar-refractivity contribution in [2.45, 2.75) is 20.8 Å². The standard InChI is InChI=1S/C14H15ClN2O/c1-8-5-6-11(13(18-4)9(8)2)12-10(3)14(15)17-7-16-12/h5-7H,1-4H3. The van der Waals surface area contributed by atoms with E-state index in [1.54, 1.807) is 7.11 Å². The Labute approximate surface area is 112 Å². The number of aromatic nitrogens is 2. The summed E-state index contributed by atoms with van der Waals surface area (Å²) in [4.78, 5) is 8.29. The second kappa shape index (κ2) is 4.94. The molecule has 2 rings (SSSR count). The van der Waals surface area contributed by atoms with Crippen molar-refractivity contribution < 1.29 is 4.74 Å². The Hall–Kier alpha value is -1.61. The maximum Gasteiger partial charge on any atom is 0.135 e. The Morgan fingerprint density at radius 1 is 1.06 bits per heavy atom. The molecule has 0 N–H and O–H groups in total. The Morgan fingerprint density at radius 2 is 1.78 bits per heavy atom. The molecular weight excluding hydrogens is 248 g/mol. The summed E-state index contributed by atoms with van der Waals surface area (Å²) in [6.45, 7) is 6.00. The first-order valence-corrected chi connectivity index (χ1v) is 6.05. The summed E-state index contributed by atoms with van der Waals surface area (Å²) in [6, 6.07) is 4.06. The first kappa shape index (κ1) is 12.8. The monoisotopic (exact) mass is 262 g/mol. The summed E-state index contributed by atoms with van der Waals surface area (Å²) < 4.78 is 5.50. The van der Waals surface area contributed by atoms with E-state index in [1.165, 1.54) is 11.9 Å². The molecule has 94 valence electrons. The number of aryl methyl sites for hydroxylation is 1. The van der Waals surface area contributed by atoms with Gasteiger partial charge in [0.1, 0.15) is 17.2 Å². The molecule has 0 radical (unpaired) electrons. The molecule has 1 aromatic heterocycles. The van der Waals surface area contributed by atoms with E-state index in [4.69, 9.17) is 16.3 Å². The molecule has 0 bridgehead atoms. The van der Waals surface area contributed by atoms with Crippen molar-refractivity contribution in [2.75, 3.05) is 7.11 Å². The van der Waals surface area contributed by atoms with Crippen LogP contribution in [0.1, 0.15) is 16.7 Å². The van der Waals surface area contributed by atoms with Crippen molar-refractivity contribution in [1.29, 1.82) is 0 Å². The number of hydrogen-bond donors (Lipinski definition) is 0. The molecule has 4 heteroatoms. The van der Waals surface area contributed by atoms with E-state index in [0.717, 1.165) is 28.1 Å². The first-order valence-electron chi connectivity index (χ1n) is 5.68. The lowest BCUT2D eigenvalue weighted by molar-refractivity contribution is 0.413. The van der Waals surface area contributed by atoms with Gasteiger partial charge in [0.25, 0.3) is 0 Å². The summed E-state index contributed by atoms with van der Waals surface area (Å²) >= 11 is 6.04. The third-order valence-electron chi connectivity index (χ3n) is 3.16. The van der Waals surface area contributed by atoms with Crippen LogP contribution < -0.4 is 4.74 Å². The molecule has 0 fully saturated rings. The molecule has 0 atom stereocenters. The summed E-state index contributed by atoms with van der Waals surface area (Å²) in [5, 5.41) is 0.472. The third-order valence-corrected chi connectivity index (χ3v) is 3.54. The number of ether oxygens (including phenoxy) is 1. The fraction of sp³-hybridized carbons (Fsp3) is 0.286. The van der Waals surface area contributed by atoms with E-state index in [2.05, 4.69) is 23.0 Å². The second-order valence-corrected chi connectivity index (χ2v) is 4.58. The Kier molecular flexibility index (Phi) is 3.53. The van der Waals surface area contributed by atoms with Crippen LogP contribution in [0.5, 0.6) is 5.75 Å². The number of hydrogen-bond acceptors (Lipinski definition) is 3. The average molecular weight is 263 g/mol. The van der Waals surface area contributed by atoms with Crippen molar-refractivity contribution >= 4 is 11.6 Å². The maximum atomic E-state index is 6.04. The zero-order chi connectivity index (χ0) is 13.3. The van der Waals surface area contributed by atoms with E-state index in [-0.39, 0.29) is 0 Å². The molecule has 0 aliphatic heterocycles. The number of nitrogens with zero attached hydrogens (tertiary/aromatic N) is 2. The lowest BCUT2D eigenvalue weighted by Gasteiger charge is -2.14. The lowest BCUT2D eigenvalue weighted by atomic mass is 10.0. The molecule has 1 heterocycles. The summed E-state index contributed by atoms with van der Waals surface area (Å²) in [5.41, 5.74) is 4.93. The van der Waals surface area contributed by atoms with Crippen LogP contribution in [-0.2, 0) is 0 Å². The Bertz CT molecular complexity index is 597. The molecule has 0 aliphatic carbocycles. The van der Waals surface area contributed by atoms with Gasteiger partial charge in [0, 0.05) is 11.1 Å². The molecule has 0 amide bonds. The highest BCUT2D eigenvalue weighted by atomic mass is 35.5. The minimum Gasteiger partial charge on any atom is -0.496 e. The molecule has 0 spiro atoms. The minimum absolute atomic E-state index is 0.472. The van der Waals surface area contributed by atoms with Gasteiger partial charge < -0.3 is 4.74 Å². The SMILES string of the molecule is COc1c(-c2ncnc(Cl)c2C)ccc(C)c1C.